The van der Waals surface area contributed by atoms with Crippen LogP contribution < -0.4 is 11.1 Å². The van der Waals surface area contributed by atoms with Crippen LogP contribution in [0.25, 0.3) is 0 Å². The minimum Gasteiger partial charge on any atom is -0.397 e. The maximum absolute atomic E-state index is 11.7. The van der Waals surface area contributed by atoms with Gasteiger partial charge in [-0.3, -0.25) is 14.8 Å². The average molecular weight is 256 g/mol. The Morgan fingerprint density at radius 3 is 2.79 bits per heavy atom. The van der Waals surface area contributed by atoms with Gasteiger partial charge >= 0.3 is 0 Å². The molecule has 0 saturated carbocycles. The first-order chi connectivity index (χ1) is 9.13. The predicted octanol–water partition coefficient (Wildman–Crippen LogP) is 1.23. The average Bonchev–Trinajstić information content (AvgIpc) is 2.39. The number of carbonyl (C=O) groups is 1. The van der Waals surface area contributed by atoms with Crippen molar-refractivity contribution in [3.8, 4) is 0 Å². The van der Waals surface area contributed by atoms with Crippen molar-refractivity contribution in [2.24, 2.45) is 0 Å². The third-order valence-electron chi connectivity index (χ3n) is 2.60. The number of pyridine rings is 2. The molecule has 0 bridgehead atoms. The van der Waals surface area contributed by atoms with E-state index in [2.05, 4.69) is 15.3 Å². The van der Waals surface area contributed by atoms with Gasteiger partial charge in [0.2, 0.25) is 5.91 Å². The van der Waals surface area contributed by atoms with Crippen molar-refractivity contribution in [3.63, 3.8) is 0 Å². The van der Waals surface area contributed by atoms with Gasteiger partial charge in [0.1, 0.15) is 0 Å². The number of aromatic nitrogens is 2. The normalized spacial score (nSPS) is 10.2. The Kier molecular flexibility index (Phi) is 4.07. The van der Waals surface area contributed by atoms with Crippen molar-refractivity contribution < 1.29 is 4.79 Å². The number of anilines is 1. The number of aryl methyl sites for hydroxylation is 1. The van der Waals surface area contributed by atoms with E-state index in [1.54, 1.807) is 18.3 Å². The molecule has 2 aromatic rings. The Labute approximate surface area is 111 Å². The van der Waals surface area contributed by atoms with Crippen LogP contribution in [0.4, 0.5) is 5.69 Å². The Balaban J connectivity index is 1.86. The van der Waals surface area contributed by atoms with Gasteiger partial charge in [0.25, 0.3) is 0 Å². The van der Waals surface area contributed by atoms with Gasteiger partial charge in [-0.15, -0.1) is 0 Å². The van der Waals surface area contributed by atoms with Crippen molar-refractivity contribution in [2.75, 3.05) is 5.73 Å². The molecule has 0 aliphatic heterocycles. The lowest BCUT2D eigenvalue weighted by atomic mass is 10.2. The SMILES string of the molecule is Cc1cccc(CNC(=O)Cc2ccc(N)cn2)n1. The Morgan fingerprint density at radius 2 is 2.11 bits per heavy atom. The van der Waals surface area contributed by atoms with Crippen LogP contribution >= 0.6 is 0 Å². The van der Waals surface area contributed by atoms with E-state index >= 15 is 0 Å². The summed E-state index contributed by atoms with van der Waals surface area (Å²) in [7, 11) is 0. The van der Waals surface area contributed by atoms with E-state index in [4.69, 9.17) is 5.73 Å². The number of nitrogens with two attached hydrogens (primary N) is 1. The van der Waals surface area contributed by atoms with E-state index in [0.717, 1.165) is 11.4 Å². The van der Waals surface area contributed by atoms with Gasteiger partial charge in [0, 0.05) is 11.4 Å². The number of rotatable bonds is 4. The molecule has 0 radical (unpaired) electrons. The van der Waals surface area contributed by atoms with Crippen LogP contribution in [0.1, 0.15) is 17.1 Å². The van der Waals surface area contributed by atoms with Gasteiger partial charge < -0.3 is 11.1 Å². The first-order valence-corrected chi connectivity index (χ1v) is 6.03. The number of carbonyl (C=O) groups excluding carboxylic acids is 1. The van der Waals surface area contributed by atoms with Crippen LogP contribution in [0.3, 0.4) is 0 Å². The highest BCUT2D eigenvalue weighted by Gasteiger charge is 2.04. The van der Waals surface area contributed by atoms with Gasteiger partial charge in [-0.2, -0.15) is 0 Å². The van der Waals surface area contributed by atoms with E-state index in [0.29, 0.717) is 17.9 Å². The zero-order valence-electron chi connectivity index (χ0n) is 10.8. The van der Waals surface area contributed by atoms with Crippen LogP contribution in [-0.4, -0.2) is 15.9 Å². The molecule has 5 heteroatoms. The minimum absolute atomic E-state index is 0.0828. The summed E-state index contributed by atoms with van der Waals surface area (Å²) in [5.41, 5.74) is 8.61. The molecule has 0 aliphatic carbocycles. The van der Waals surface area contributed by atoms with Gasteiger partial charge in [-0.25, -0.2) is 0 Å². The molecule has 2 aromatic heterocycles. The molecule has 0 aliphatic rings. The smallest absolute Gasteiger partial charge is 0.226 e. The summed E-state index contributed by atoms with van der Waals surface area (Å²) in [6.45, 7) is 2.35. The molecule has 98 valence electrons. The largest absolute Gasteiger partial charge is 0.397 e. The lowest BCUT2D eigenvalue weighted by Crippen LogP contribution is -2.25. The van der Waals surface area contributed by atoms with Crippen molar-refractivity contribution in [3.05, 3.63) is 53.6 Å². The summed E-state index contributed by atoms with van der Waals surface area (Å²) in [6, 6.07) is 9.21. The van der Waals surface area contributed by atoms with Gasteiger partial charge in [-0.1, -0.05) is 6.07 Å². The summed E-state index contributed by atoms with van der Waals surface area (Å²) < 4.78 is 0. The molecule has 0 atom stereocenters. The number of amides is 1. The van der Waals surface area contributed by atoms with Crippen LogP contribution in [0, 0.1) is 6.92 Å². The van der Waals surface area contributed by atoms with Gasteiger partial charge in [0.05, 0.1) is 30.5 Å². The first-order valence-electron chi connectivity index (χ1n) is 6.03. The molecule has 5 nitrogen and oxygen atoms in total. The fourth-order valence-corrected chi connectivity index (χ4v) is 1.65. The molecule has 0 aromatic carbocycles. The van der Waals surface area contributed by atoms with Crippen LogP contribution in [0.15, 0.2) is 36.5 Å². The maximum Gasteiger partial charge on any atom is 0.226 e. The fourth-order valence-electron chi connectivity index (χ4n) is 1.65. The number of hydrogen-bond acceptors (Lipinski definition) is 4. The van der Waals surface area contributed by atoms with Crippen molar-refractivity contribution >= 4 is 11.6 Å². The number of nitrogen functional groups attached to an aromatic ring is 1. The molecular weight excluding hydrogens is 240 g/mol. The summed E-state index contributed by atoms with van der Waals surface area (Å²) in [4.78, 5) is 20.1. The van der Waals surface area contributed by atoms with Crippen molar-refractivity contribution in [2.45, 2.75) is 19.9 Å². The first kappa shape index (κ1) is 13.0. The molecule has 19 heavy (non-hydrogen) atoms. The molecule has 3 N–H and O–H groups in total. The predicted molar refractivity (Wildman–Crippen MR) is 73.2 cm³/mol. The van der Waals surface area contributed by atoms with E-state index < -0.39 is 0 Å². The minimum atomic E-state index is -0.0828. The lowest BCUT2D eigenvalue weighted by Gasteiger charge is -2.05. The van der Waals surface area contributed by atoms with Gasteiger partial charge in [-0.05, 0) is 31.2 Å². The molecule has 2 rings (SSSR count). The molecule has 0 spiro atoms. The van der Waals surface area contributed by atoms with E-state index in [1.807, 2.05) is 25.1 Å². The van der Waals surface area contributed by atoms with Crippen LogP contribution in [-0.2, 0) is 17.8 Å². The molecule has 2 heterocycles. The summed E-state index contributed by atoms with van der Waals surface area (Å²) >= 11 is 0. The van der Waals surface area contributed by atoms with Crippen LogP contribution in [0.2, 0.25) is 0 Å². The Hall–Kier alpha value is -2.43. The quantitative estimate of drug-likeness (QED) is 0.862. The second-order valence-electron chi connectivity index (χ2n) is 4.31. The highest BCUT2D eigenvalue weighted by atomic mass is 16.1. The van der Waals surface area contributed by atoms with E-state index in [9.17, 15) is 4.79 Å². The highest BCUT2D eigenvalue weighted by molar-refractivity contribution is 5.78. The third-order valence-corrected chi connectivity index (χ3v) is 2.60. The number of nitrogens with one attached hydrogen (secondary N) is 1. The third kappa shape index (κ3) is 4.06. The molecular formula is C14H16N4O. The molecule has 0 saturated heterocycles. The second-order valence-corrected chi connectivity index (χ2v) is 4.31. The molecule has 0 unspecified atom stereocenters. The highest BCUT2D eigenvalue weighted by Crippen LogP contribution is 2.02. The topological polar surface area (TPSA) is 80.9 Å². The standard InChI is InChI=1S/C14H16N4O/c1-10-3-2-4-13(18-10)9-17-14(19)7-12-6-5-11(15)8-16-12/h2-6,8H,7,9,15H2,1H3,(H,17,19). The Morgan fingerprint density at radius 1 is 1.26 bits per heavy atom. The monoisotopic (exact) mass is 256 g/mol. The zero-order chi connectivity index (χ0) is 13.7. The number of hydrogen-bond donors (Lipinski definition) is 2. The second kappa shape index (κ2) is 5.95. The fraction of sp³-hybridized carbons (Fsp3) is 0.214. The van der Waals surface area contributed by atoms with Crippen molar-refractivity contribution in [1.29, 1.82) is 0 Å². The number of nitrogens with zero attached hydrogens (tertiary/aromatic N) is 2. The van der Waals surface area contributed by atoms with E-state index in [1.165, 1.54) is 0 Å². The molecule has 0 fully saturated rings. The van der Waals surface area contributed by atoms with E-state index in [-0.39, 0.29) is 12.3 Å². The summed E-state index contributed by atoms with van der Waals surface area (Å²) in [6.07, 6.45) is 1.79. The summed E-state index contributed by atoms with van der Waals surface area (Å²) in [5.74, 6) is -0.0828. The Bertz CT molecular complexity index is 566. The van der Waals surface area contributed by atoms with Crippen LogP contribution in [0.5, 0.6) is 0 Å². The van der Waals surface area contributed by atoms with Crippen molar-refractivity contribution in [1.82, 2.24) is 15.3 Å². The zero-order valence-corrected chi connectivity index (χ0v) is 10.8. The summed E-state index contributed by atoms with van der Waals surface area (Å²) in [5, 5.41) is 2.82. The maximum atomic E-state index is 11.7. The van der Waals surface area contributed by atoms with Gasteiger partial charge in [0.15, 0.2) is 0 Å². The lowest BCUT2D eigenvalue weighted by molar-refractivity contribution is -0.120. The molecule has 1 amide bonds.